The van der Waals surface area contributed by atoms with E-state index in [1.54, 1.807) is 24.3 Å². The van der Waals surface area contributed by atoms with Crippen molar-refractivity contribution >= 4 is 23.3 Å². The highest BCUT2D eigenvalue weighted by Crippen LogP contribution is 2.43. The van der Waals surface area contributed by atoms with E-state index in [-0.39, 0.29) is 23.3 Å². The second kappa shape index (κ2) is 8.04. The smallest absolute Gasteiger partial charge is 0.363 e. The van der Waals surface area contributed by atoms with Crippen molar-refractivity contribution in [2.45, 2.75) is 71.3 Å². The summed E-state index contributed by atoms with van der Waals surface area (Å²) < 4.78 is 42.4. The van der Waals surface area contributed by atoms with E-state index in [1.807, 2.05) is 13.8 Å². The zero-order chi connectivity index (χ0) is 23.2. The monoisotopic (exact) mass is 456 g/mol. The number of nitrogens with zero attached hydrogens (tertiary/aromatic N) is 2. The van der Waals surface area contributed by atoms with Gasteiger partial charge in [0, 0.05) is 23.0 Å². The van der Waals surface area contributed by atoms with Crippen molar-refractivity contribution in [3.05, 3.63) is 46.6 Å². The Hall–Kier alpha value is -2.22. The lowest BCUT2D eigenvalue weighted by molar-refractivity contribution is -0.173. The van der Waals surface area contributed by atoms with Gasteiger partial charge in [0.1, 0.15) is 5.82 Å². The molecular formula is C22H28ClF3N4O. The minimum atomic E-state index is -4.51. The first kappa shape index (κ1) is 23.4. The highest BCUT2D eigenvalue weighted by Gasteiger charge is 2.47. The standard InChI is InChI=1S/C22H28ClF3N4O/c1-20(2,3)12-21(4,5)28-19(31)16-11-18-27-15(13-6-8-14(23)9-7-13)10-17(22(24,25)26)30(18)29-16/h6-9,11,15,17,27H,10,12H2,1-5H3,(H,28,31)/t15-,17+/m1/s1. The molecule has 1 amide bonds. The number of carbonyl (C=O) groups is 1. The van der Waals surface area contributed by atoms with Crippen LogP contribution in [0.2, 0.25) is 5.02 Å². The average Bonchev–Trinajstić information content (AvgIpc) is 3.02. The summed E-state index contributed by atoms with van der Waals surface area (Å²) in [6, 6.07) is 5.63. The Morgan fingerprint density at radius 1 is 1.19 bits per heavy atom. The number of hydrogen-bond acceptors (Lipinski definition) is 3. The van der Waals surface area contributed by atoms with Crippen molar-refractivity contribution in [3.8, 4) is 0 Å². The number of rotatable bonds is 4. The molecule has 2 heterocycles. The number of aromatic nitrogens is 2. The van der Waals surface area contributed by atoms with E-state index < -0.39 is 29.7 Å². The summed E-state index contributed by atoms with van der Waals surface area (Å²) in [5, 5.41) is 10.5. The number of alkyl halides is 3. The molecule has 1 aliphatic rings. The van der Waals surface area contributed by atoms with Crippen LogP contribution < -0.4 is 10.6 Å². The zero-order valence-corrected chi connectivity index (χ0v) is 19.0. The second-order valence-electron chi connectivity index (χ2n) is 9.98. The maximum absolute atomic E-state index is 13.8. The van der Waals surface area contributed by atoms with Gasteiger partial charge in [-0.05, 0) is 43.4 Å². The van der Waals surface area contributed by atoms with Crippen LogP contribution >= 0.6 is 11.6 Å². The van der Waals surface area contributed by atoms with Gasteiger partial charge in [-0.25, -0.2) is 4.68 Å². The Labute approximate surface area is 185 Å². The number of amides is 1. The van der Waals surface area contributed by atoms with E-state index >= 15 is 0 Å². The summed E-state index contributed by atoms with van der Waals surface area (Å²) in [5.41, 5.74) is 0.0695. The van der Waals surface area contributed by atoms with Crippen molar-refractivity contribution < 1.29 is 18.0 Å². The van der Waals surface area contributed by atoms with E-state index in [2.05, 4.69) is 36.5 Å². The third kappa shape index (κ3) is 5.73. The lowest BCUT2D eigenvalue weighted by Gasteiger charge is -2.33. The molecule has 170 valence electrons. The van der Waals surface area contributed by atoms with Crippen molar-refractivity contribution in [1.29, 1.82) is 0 Å². The van der Waals surface area contributed by atoms with Crippen LogP contribution in [0.5, 0.6) is 0 Å². The molecule has 0 unspecified atom stereocenters. The van der Waals surface area contributed by atoms with Crippen molar-refractivity contribution in [2.75, 3.05) is 5.32 Å². The van der Waals surface area contributed by atoms with Crippen LogP contribution in [0, 0.1) is 5.41 Å². The summed E-state index contributed by atoms with van der Waals surface area (Å²) in [5.74, 6) is -0.339. The van der Waals surface area contributed by atoms with Gasteiger partial charge in [0.05, 0.1) is 6.04 Å². The van der Waals surface area contributed by atoms with Gasteiger partial charge in [-0.3, -0.25) is 4.79 Å². The van der Waals surface area contributed by atoms with Crippen LogP contribution in [0.4, 0.5) is 19.0 Å². The van der Waals surface area contributed by atoms with Gasteiger partial charge in [-0.15, -0.1) is 0 Å². The molecule has 2 aromatic rings. The fraction of sp³-hybridized carbons (Fsp3) is 0.545. The Morgan fingerprint density at radius 3 is 2.35 bits per heavy atom. The maximum atomic E-state index is 13.8. The van der Waals surface area contributed by atoms with Crippen LogP contribution in [-0.2, 0) is 0 Å². The topological polar surface area (TPSA) is 59.0 Å². The van der Waals surface area contributed by atoms with E-state index in [4.69, 9.17) is 11.6 Å². The van der Waals surface area contributed by atoms with E-state index in [1.165, 1.54) is 6.07 Å². The molecule has 9 heteroatoms. The Balaban J connectivity index is 1.89. The average molecular weight is 457 g/mol. The number of nitrogens with one attached hydrogen (secondary N) is 2. The molecule has 0 saturated heterocycles. The lowest BCUT2D eigenvalue weighted by Crippen LogP contribution is -2.46. The number of benzene rings is 1. The molecule has 1 aliphatic heterocycles. The fourth-order valence-electron chi connectivity index (χ4n) is 4.34. The molecule has 0 bridgehead atoms. The highest BCUT2D eigenvalue weighted by molar-refractivity contribution is 6.30. The summed E-state index contributed by atoms with van der Waals surface area (Å²) in [4.78, 5) is 12.8. The molecule has 1 aromatic heterocycles. The molecule has 3 rings (SSSR count). The summed E-state index contributed by atoms with van der Waals surface area (Å²) in [6.07, 6.45) is -4.05. The molecule has 31 heavy (non-hydrogen) atoms. The SMILES string of the molecule is CC(C)(C)CC(C)(C)NC(=O)c1cc2n(n1)[C@H](C(F)(F)F)C[C@H](c1ccc(Cl)cc1)N2. The second-order valence-corrected chi connectivity index (χ2v) is 10.4. The van der Waals surface area contributed by atoms with E-state index in [0.717, 1.165) is 4.68 Å². The number of hydrogen-bond donors (Lipinski definition) is 2. The number of anilines is 1. The Kier molecular flexibility index (Phi) is 6.08. The van der Waals surface area contributed by atoms with Crippen LogP contribution in [0.15, 0.2) is 30.3 Å². The van der Waals surface area contributed by atoms with Crippen molar-refractivity contribution in [1.82, 2.24) is 15.1 Å². The first-order valence-corrected chi connectivity index (χ1v) is 10.5. The fourth-order valence-corrected chi connectivity index (χ4v) is 4.47. The molecule has 2 N–H and O–H groups in total. The summed E-state index contributed by atoms with van der Waals surface area (Å²) >= 11 is 5.90. The molecule has 0 spiro atoms. The normalized spacial score (nSPS) is 19.5. The molecule has 0 fully saturated rings. The Bertz CT molecular complexity index is 945. The van der Waals surface area contributed by atoms with Gasteiger partial charge in [0.2, 0.25) is 0 Å². The van der Waals surface area contributed by atoms with Crippen molar-refractivity contribution in [3.63, 3.8) is 0 Å². The van der Waals surface area contributed by atoms with Gasteiger partial charge < -0.3 is 10.6 Å². The van der Waals surface area contributed by atoms with Gasteiger partial charge >= 0.3 is 6.18 Å². The predicted molar refractivity (Wildman–Crippen MR) is 115 cm³/mol. The van der Waals surface area contributed by atoms with E-state index in [9.17, 15) is 18.0 Å². The summed E-state index contributed by atoms with van der Waals surface area (Å²) in [7, 11) is 0. The Morgan fingerprint density at radius 2 is 1.81 bits per heavy atom. The van der Waals surface area contributed by atoms with E-state index in [0.29, 0.717) is 17.0 Å². The molecule has 2 atom stereocenters. The summed E-state index contributed by atoms with van der Waals surface area (Å²) in [6.45, 7) is 9.96. The predicted octanol–water partition coefficient (Wildman–Crippen LogP) is 6.14. The third-order valence-corrected chi connectivity index (χ3v) is 5.37. The number of halogens is 4. The van der Waals surface area contributed by atoms with Gasteiger partial charge in [0.15, 0.2) is 11.7 Å². The molecule has 1 aromatic carbocycles. The van der Waals surface area contributed by atoms with Crippen LogP contribution in [0.1, 0.15) is 75.6 Å². The minimum Gasteiger partial charge on any atom is -0.363 e. The van der Waals surface area contributed by atoms with Crippen molar-refractivity contribution in [2.24, 2.45) is 5.41 Å². The largest absolute Gasteiger partial charge is 0.410 e. The van der Waals surface area contributed by atoms with Crippen LogP contribution in [0.3, 0.4) is 0 Å². The quantitative estimate of drug-likeness (QED) is 0.580. The van der Waals surface area contributed by atoms with Crippen LogP contribution in [0.25, 0.3) is 0 Å². The molecule has 0 radical (unpaired) electrons. The maximum Gasteiger partial charge on any atom is 0.410 e. The first-order valence-electron chi connectivity index (χ1n) is 10.2. The molecule has 0 aliphatic carbocycles. The highest BCUT2D eigenvalue weighted by atomic mass is 35.5. The molecule has 5 nitrogen and oxygen atoms in total. The first-order chi connectivity index (χ1) is 14.1. The number of fused-ring (bicyclic) bond motifs is 1. The van der Waals surface area contributed by atoms with Gasteiger partial charge in [-0.2, -0.15) is 18.3 Å². The zero-order valence-electron chi connectivity index (χ0n) is 18.3. The minimum absolute atomic E-state index is 0.0288. The van der Waals surface area contributed by atoms with Gasteiger partial charge in [0.25, 0.3) is 5.91 Å². The van der Waals surface area contributed by atoms with Crippen LogP contribution in [-0.4, -0.2) is 27.4 Å². The lowest BCUT2D eigenvalue weighted by atomic mass is 9.82. The van der Waals surface area contributed by atoms with Gasteiger partial charge in [-0.1, -0.05) is 44.5 Å². The number of carbonyl (C=O) groups excluding carboxylic acids is 1. The third-order valence-electron chi connectivity index (χ3n) is 5.12. The molecule has 0 saturated carbocycles. The molecular weight excluding hydrogens is 429 g/mol.